The van der Waals surface area contributed by atoms with Gasteiger partial charge in [0.25, 0.3) is 0 Å². The minimum absolute atomic E-state index is 0.110. The Hall–Kier alpha value is 0.690. The summed E-state index contributed by atoms with van der Waals surface area (Å²) < 4.78 is 27.2. The molecule has 0 aromatic rings. The van der Waals surface area contributed by atoms with Crippen molar-refractivity contribution in [3.8, 4) is 0 Å². The van der Waals surface area contributed by atoms with E-state index in [1.807, 2.05) is 0 Å². The van der Waals surface area contributed by atoms with E-state index in [0.29, 0.717) is 6.61 Å². The van der Waals surface area contributed by atoms with Gasteiger partial charge in [0.2, 0.25) is 0 Å². The fourth-order valence-electron chi connectivity index (χ4n) is 3.25. The highest BCUT2D eigenvalue weighted by Gasteiger charge is 2.28. The Morgan fingerprint density at radius 2 is 1.38 bits per heavy atom. The summed E-state index contributed by atoms with van der Waals surface area (Å²) in [6, 6.07) is 0. The lowest BCUT2D eigenvalue weighted by molar-refractivity contribution is -0.0682. The maximum Gasteiger partial charge on any atom is 0.380 e. The first kappa shape index (κ1) is 24.7. The molecule has 7 heteroatoms. The van der Waals surface area contributed by atoms with E-state index in [9.17, 15) is 4.57 Å². The summed E-state index contributed by atoms with van der Waals surface area (Å²) in [4.78, 5) is 0. The van der Waals surface area contributed by atoms with Gasteiger partial charge in [-0.2, -0.15) is 0 Å². The molecule has 0 radical (unpaired) electrons. The maximum atomic E-state index is 11.1. The van der Waals surface area contributed by atoms with Gasteiger partial charge in [-0.1, -0.05) is 84.0 Å². The highest BCUT2D eigenvalue weighted by Crippen LogP contribution is 2.57. The van der Waals surface area contributed by atoms with Crippen LogP contribution in [0.4, 0.5) is 0 Å². The van der Waals surface area contributed by atoms with E-state index in [1.165, 1.54) is 77.0 Å². The highest BCUT2D eigenvalue weighted by atomic mass is 35.9. The van der Waals surface area contributed by atoms with Crippen molar-refractivity contribution in [3.05, 3.63) is 0 Å². The molecular formula is C19H37Cl2O4P. The van der Waals surface area contributed by atoms with Crippen molar-refractivity contribution in [3.63, 3.8) is 0 Å². The number of rotatable bonds is 17. The molecule has 156 valence electrons. The van der Waals surface area contributed by atoms with E-state index in [0.717, 1.165) is 12.8 Å². The molecule has 1 rings (SSSR count). The Morgan fingerprint density at radius 1 is 0.885 bits per heavy atom. The summed E-state index contributed by atoms with van der Waals surface area (Å²) in [6.07, 6.45) is 14.5. The van der Waals surface area contributed by atoms with Crippen LogP contribution in [0, 0.1) is 0 Å². The predicted octanol–water partition coefficient (Wildman–Crippen LogP) is 7.81. The van der Waals surface area contributed by atoms with E-state index in [1.54, 1.807) is 0 Å². The molecule has 2 atom stereocenters. The maximum absolute atomic E-state index is 11.1. The second-order valence-electron chi connectivity index (χ2n) is 7.26. The lowest BCUT2D eigenvalue weighted by Gasteiger charge is -2.12. The molecule has 1 saturated heterocycles. The predicted molar refractivity (Wildman–Crippen MR) is 110 cm³/mol. The summed E-state index contributed by atoms with van der Waals surface area (Å²) in [5, 5.41) is 0. The molecule has 26 heavy (non-hydrogen) atoms. The number of ether oxygens (including phenoxy) is 2. The molecule has 1 heterocycles. The Bertz CT molecular complexity index is 379. The van der Waals surface area contributed by atoms with E-state index in [2.05, 4.69) is 6.92 Å². The molecule has 1 aliphatic heterocycles. The van der Waals surface area contributed by atoms with E-state index in [-0.39, 0.29) is 19.0 Å². The van der Waals surface area contributed by atoms with Gasteiger partial charge < -0.3 is 14.0 Å². The van der Waals surface area contributed by atoms with Crippen molar-refractivity contribution in [1.82, 2.24) is 0 Å². The van der Waals surface area contributed by atoms with Gasteiger partial charge in [0.15, 0.2) is 6.29 Å². The first-order valence-corrected chi connectivity index (χ1v) is 13.9. The summed E-state index contributed by atoms with van der Waals surface area (Å²) >= 11 is 10.7. The lowest BCUT2D eigenvalue weighted by atomic mass is 10.0. The molecule has 0 amide bonds. The van der Waals surface area contributed by atoms with Crippen LogP contribution in [-0.4, -0.2) is 25.6 Å². The average molecular weight is 431 g/mol. The van der Waals surface area contributed by atoms with Crippen LogP contribution in [0.1, 0.15) is 96.8 Å². The zero-order valence-corrected chi connectivity index (χ0v) is 18.7. The molecule has 0 bridgehead atoms. The second kappa shape index (κ2) is 15.6. The van der Waals surface area contributed by atoms with Crippen LogP contribution in [0.3, 0.4) is 0 Å². The Labute approximate surface area is 169 Å². The smallest absolute Gasteiger partial charge is 0.350 e. The van der Waals surface area contributed by atoms with Gasteiger partial charge >= 0.3 is 6.07 Å². The molecule has 0 N–H and O–H groups in total. The number of hydrogen-bond acceptors (Lipinski definition) is 4. The summed E-state index contributed by atoms with van der Waals surface area (Å²) in [6.45, 7) is 2.82. The number of unbranched alkanes of at least 4 members (excludes halogenated alkanes) is 12. The van der Waals surface area contributed by atoms with Crippen LogP contribution < -0.4 is 0 Å². The van der Waals surface area contributed by atoms with Crippen molar-refractivity contribution in [2.45, 2.75) is 109 Å². The fourth-order valence-corrected chi connectivity index (χ4v) is 3.92. The molecule has 1 aliphatic rings. The molecule has 0 saturated carbocycles. The zero-order valence-electron chi connectivity index (χ0n) is 16.3. The SMILES string of the molecule is CCCCCCCCCCCCCCCC1OCC(COP(=O)(Cl)Cl)O1. The molecule has 2 unspecified atom stereocenters. The van der Waals surface area contributed by atoms with Crippen LogP contribution in [0.25, 0.3) is 0 Å². The topological polar surface area (TPSA) is 44.8 Å². The third-order valence-electron chi connectivity index (χ3n) is 4.77. The third kappa shape index (κ3) is 14.7. The molecule has 0 spiro atoms. The van der Waals surface area contributed by atoms with Crippen LogP contribution in [-0.2, 0) is 18.6 Å². The Morgan fingerprint density at radius 3 is 1.88 bits per heavy atom. The van der Waals surface area contributed by atoms with Gasteiger partial charge in [0, 0.05) is 0 Å². The largest absolute Gasteiger partial charge is 0.380 e. The van der Waals surface area contributed by atoms with Gasteiger partial charge in [-0.25, -0.2) is 0 Å². The lowest BCUT2D eigenvalue weighted by Crippen LogP contribution is -2.17. The third-order valence-corrected chi connectivity index (χ3v) is 5.80. The molecule has 0 aromatic heterocycles. The van der Waals surface area contributed by atoms with E-state index >= 15 is 0 Å². The van der Waals surface area contributed by atoms with Crippen LogP contribution in [0.15, 0.2) is 0 Å². The Kier molecular flexibility index (Phi) is 14.8. The van der Waals surface area contributed by atoms with E-state index in [4.69, 9.17) is 36.5 Å². The van der Waals surface area contributed by atoms with Gasteiger partial charge in [-0.05, 0) is 35.3 Å². The number of halogens is 2. The summed E-state index contributed by atoms with van der Waals surface area (Å²) in [5.74, 6) is 0. The van der Waals surface area contributed by atoms with Gasteiger partial charge in [0.1, 0.15) is 6.10 Å². The molecular weight excluding hydrogens is 394 g/mol. The normalized spacial score (nSPS) is 20.7. The van der Waals surface area contributed by atoms with E-state index < -0.39 is 6.07 Å². The Balaban J connectivity index is 1.82. The zero-order chi connectivity index (χ0) is 19.1. The number of hydrogen-bond donors (Lipinski definition) is 0. The quantitative estimate of drug-likeness (QED) is 0.174. The molecule has 4 nitrogen and oxygen atoms in total. The molecule has 0 aromatic carbocycles. The van der Waals surface area contributed by atoms with Crippen LogP contribution >= 0.6 is 28.6 Å². The van der Waals surface area contributed by atoms with Crippen LogP contribution in [0.2, 0.25) is 0 Å². The average Bonchev–Trinajstić information content (AvgIpc) is 3.04. The highest BCUT2D eigenvalue weighted by molar-refractivity contribution is 8.05. The van der Waals surface area contributed by atoms with Gasteiger partial charge in [-0.3, -0.25) is 4.57 Å². The van der Waals surface area contributed by atoms with Crippen molar-refractivity contribution >= 4 is 28.6 Å². The van der Waals surface area contributed by atoms with Crippen molar-refractivity contribution < 1.29 is 18.6 Å². The first-order valence-electron chi connectivity index (χ1n) is 10.4. The standard InChI is InChI=1S/C19H37Cl2O4P/c1-2-3-4-5-6-7-8-9-10-11-12-13-14-15-19-23-16-18(25-19)17-24-26(20,21)22/h18-19H,2-17H2,1H3. The van der Waals surface area contributed by atoms with Crippen molar-refractivity contribution in [2.24, 2.45) is 0 Å². The van der Waals surface area contributed by atoms with Crippen LogP contribution in [0.5, 0.6) is 0 Å². The minimum Gasteiger partial charge on any atom is -0.350 e. The van der Waals surface area contributed by atoms with Crippen molar-refractivity contribution in [2.75, 3.05) is 13.2 Å². The van der Waals surface area contributed by atoms with Gasteiger partial charge in [0.05, 0.1) is 13.2 Å². The molecule has 1 fully saturated rings. The first-order chi connectivity index (χ1) is 12.5. The second-order valence-corrected chi connectivity index (χ2v) is 11.5. The molecule has 0 aliphatic carbocycles. The monoisotopic (exact) mass is 430 g/mol. The summed E-state index contributed by atoms with van der Waals surface area (Å²) in [7, 11) is 0. The summed E-state index contributed by atoms with van der Waals surface area (Å²) in [5.41, 5.74) is 0. The van der Waals surface area contributed by atoms with Crippen molar-refractivity contribution in [1.29, 1.82) is 0 Å². The van der Waals surface area contributed by atoms with Gasteiger partial charge in [-0.15, -0.1) is 0 Å². The fraction of sp³-hybridized carbons (Fsp3) is 1.00. The minimum atomic E-state index is -3.48.